The van der Waals surface area contributed by atoms with Crippen molar-refractivity contribution in [1.29, 1.82) is 0 Å². The average molecular weight is 405 g/mol. The highest BCUT2D eigenvalue weighted by Gasteiger charge is 2.19. The van der Waals surface area contributed by atoms with Gasteiger partial charge >= 0.3 is 5.97 Å². The molecule has 0 unspecified atom stereocenters. The zero-order valence-electron chi connectivity index (χ0n) is 15.1. The van der Waals surface area contributed by atoms with Crippen LogP contribution in [-0.2, 0) is 14.3 Å². The lowest BCUT2D eigenvalue weighted by molar-refractivity contribution is -0.384. The van der Waals surface area contributed by atoms with Crippen molar-refractivity contribution in [3.05, 3.63) is 64.0 Å². The number of nitro benzene ring substituents is 1. The molecule has 0 heterocycles. The number of rotatable bonds is 8. The first kappa shape index (κ1) is 21.3. The molecular formula is C18H16FN3O7. The van der Waals surface area contributed by atoms with Gasteiger partial charge in [0.2, 0.25) is 5.91 Å². The standard InChI is InChI=1S/C18H16FN3O7/c1-28-15-7-6-13(22(26)27)8-14(15)18(25)29-10-17(24)20-9-16(23)21-12-4-2-11(19)3-5-12/h2-8H,9-10H2,1H3,(H,20,24)(H,21,23). The molecule has 0 saturated carbocycles. The van der Waals surface area contributed by atoms with E-state index in [0.717, 1.165) is 24.3 Å². The Morgan fingerprint density at radius 1 is 1.10 bits per heavy atom. The Bertz CT molecular complexity index is 932. The van der Waals surface area contributed by atoms with Crippen molar-refractivity contribution in [2.24, 2.45) is 0 Å². The minimum atomic E-state index is -1.00. The van der Waals surface area contributed by atoms with Crippen molar-refractivity contribution >= 4 is 29.2 Å². The van der Waals surface area contributed by atoms with Crippen LogP contribution in [0.4, 0.5) is 15.8 Å². The highest BCUT2D eigenvalue weighted by molar-refractivity contribution is 5.96. The topological polar surface area (TPSA) is 137 Å². The van der Waals surface area contributed by atoms with E-state index in [2.05, 4.69) is 10.6 Å². The van der Waals surface area contributed by atoms with Gasteiger partial charge in [-0.3, -0.25) is 19.7 Å². The molecule has 2 rings (SSSR count). The van der Waals surface area contributed by atoms with Crippen LogP contribution in [0.5, 0.6) is 5.75 Å². The van der Waals surface area contributed by atoms with Crippen molar-refractivity contribution in [2.75, 3.05) is 25.6 Å². The van der Waals surface area contributed by atoms with E-state index in [-0.39, 0.29) is 17.0 Å². The SMILES string of the molecule is COc1ccc([N+](=O)[O-])cc1C(=O)OCC(=O)NCC(=O)Nc1ccc(F)cc1. The van der Waals surface area contributed by atoms with Gasteiger partial charge in [-0.2, -0.15) is 0 Å². The summed E-state index contributed by atoms with van der Waals surface area (Å²) in [6, 6.07) is 8.38. The molecule has 29 heavy (non-hydrogen) atoms. The second-order valence-electron chi connectivity index (χ2n) is 5.55. The van der Waals surface area contributed by atoms with E-state index in [1.54, 1.807) is 0 Å². The Morgan fingerprint density at radius 3 is 2.41 bits per heavy atom. The van der Waals surface area contributed by atoms with Crippen LogP contribution < -0.4 is 15.4 Å². The summed E-state index contributed by atoms with van der Waals surface area (Å²) < 4.78 is 22.6. The molecule has 2 amide bonds. The van der Waals surface area contributed by atoms with Gasteiger partial charge < -0.3 is 20.1 Å². The second-order valence-corrected chi connectivity index (χ2v) is 5.55. The Labute approximate surface area is 163 Å². The first-order chi connectivity index (χ1) is 13.8. The van der Waals surface area contributed by atoms with Crippen molar-refractivity contribution in [3.63, 3.8) is 0 Å². The van der Waals surface area contributed by atoms with E-state index in [9.17, 15) is 28.9 Å². The van der Waals surface area contributed by atoms with E-state index >= 15 is 0 Å². The largest absolute Gasteiger partial charge is 0.496 e. The van der Waals surface area contributed by atoms with Crippen molar-refractivity contribution in [1.82, 2.24) is 5.32 Å². The van der Waals surface area contributed by atoms with Crippen LogP contribution in [0.25, 0.3) is 0 Å². The van der Waals surface area contributed by atoms with Crippen LogP contribution in [0, 0.1) is 15.9 Å². The number of hydrogen-bond acceptors (Lipinski definition) is 7. The molecule has 11 heteroatoms. The third-order valence-electron chi connectivity index (χ3n) is 3.52. The van der Waals surface area contributed by atoms with Gasteiger partial charge in [-0.15, -0.1) is 0 Å². The number of amides is 2. The van der Waals surface area contributed by atoms with Gasteiger partial charge in [-0.05, 0) is 30.3 Å². The normalized spacial score (nSPS) is 10.0. The third-order valence-corrected chi connectivity index (χ3v) is 3.52. The maximum absolute atomic E-state index is 12.8. The van der Waals surface area contributed by atoms with Gasteiger partial charge in [-0.25, -0.2) is 9.18 Å². The maximum Gasteiger partial charge on any atom is 0.342 e. The van der Waals surface area contributed by atoms with E-state index in [1.807, 2.05) is 0 Å². The molecule has 152 valence electrons. The van der Waals surface area contributed by atoms with Crippen LogP contribution in [0.3, 0.4) is 0 Å². The van der Waals surface area contributed by atoms with Gasteiger partial charge in [0, 0.05) is 17.8 Å². The fraction of sp³-hybridized carbons (Fsp3) is 0.167. The number of non-ortho nitro benzene ring substituents is 1. The Hall–Kier alpha value is -4.02. The molecule has 2 aromatic rings. The van der Waals surface area contributed by atoms with Crippen molar-refractivity contribution in [2.45, 2.75) is 0 Å². The van der Waals surface area contributed by atoms with Gasteiger partial charge in [0.1, 0.15) is 17.1 Å². The smallest absolute Gasteiger partial charge is 0.342 e. The fourth-order valence-electron chi connectivity index (χ4n) is 2.15. The number of nitrogens with zero attached hydrogens (tertiary/aromatic N) is 1. The van der Waals surface area contributed by atoms with E-state index in [0.29, 0.717) is 5.69 Å². The van der Waals surface area contributed by atoms with Gasteiger partial charge in [-0.1, -0.05) is 0 Å². The van der Waals surface area contributed by atoms with Gasteiger partial charge in [0.15, 0.2) is 6.61 Å². The van der Waals surface area contributed by atoms with Gasteiger partial charge in [0.05, 0.1) is 18.6 Å². The summed E-state index contributed by atoms with van der Waals surface area (Å²) in [6.45, 7) is -1.12. The Morgan fingerprint density at radius 2 is 1.79 bits per heavy atom. The number of benzene rings is 2. The monoisotopic (exact) mass is 405 g/mol. The number of nitrogens with one attached hydrogen (secondary N) is 2. The molecule has 0 saturated heterocycles. The average Bonchev–Trinajstić information content (AvgIpc) is 2.71. The molecule has 0 aliphatic heterocycles. The number of carbonyl (C=O) groups excluding carboxylic acids is 3. The molecule has 0 aromatic heterocycles. The maximum atomic E-state index is 12.8. The minimum Gasteiger partial charge on any atom is -0.496 e. The lowest BCUT2D eigenvalue weighted by Crippen LogP contribution is -2.35. The summed E-state index contributed by atoms with van der Waals surface area (Å²) in [5, 5.41) is 15.5. The molecule has 0 spiro atoms. The zero-order valence-corrected chi connectivity index (χ0v) is 15.1. The first-order valence-corrected chi connectivity index (χ1v) is 8.12. The molecule has 0 atom stereocenters. The number of esters is 1. The molecule has 10 nitrogen and oxygen atoms in total. The number of carbonyl (C=O) groups is 3. The fourth-order valence-corrected chi connectivity index (χ4v) is 2.15. The van der Waals surface area contributed by atoms with E-state index in [1.165, 1.54) is 25.3 Å². The molecule has 0 fully saturated rings. The van der Waals surface area contributed by atoms with Gasteiger partial charge in [0.25, 0.3) is 11.6 Å². The summed E-state index contributed by atoms with van der Waals surface area (Å²) in [6.07, 6.45) is 0. The summed E-state index contributed by atoms with van der Waals surface area (Å²) in [5.74, 6) is -2.76. The molecular weight excluding hydrogens is 389 g/mol. The summed E-state index contributed by atoms with van der Waals surface area (Å²) in [5.41, 5.74) is -0.224. The number of halogens is 1. The number of anilines is 1. The Kier molecular flexibility index (Phi) is 7.18. The number of ether oxygens (including phenoxy) is 2. The van der Waals surface area contributed by atoms with Crippen molar-refractivity contribution < 1.29 is 33.2 Å². The predicted octanol–water partition coefficient (Wildman–Crippen LogP) is 1.65. The number of hydrogen-bond donors (Lipinski definition) is 2. The van der Waals surface area contributed by atoms with E-state index < -0.39 is 41.7 Å². The molecule has 0 radical (unpaired) electrons. The van der Waals surface area contributed by atoms with Crippen LogP contribution in [0.1, 0.15) is 10.4 Å². The summed E-state index contributed by atoms with van der Waals surface area (Å²) in [4.78, 5) is 45.7. The molecule has 0 bridgehead atoms. The lowest BCUT2D eigenvalue weighted by Gasteiger charge is -2.09. The quantitative estimate of drug-likeness (QED) is 0.387. The number of nitro groups is 1. The third kappa shape index (κ3) is 6.27. The molecule has 2 aromatic carbocycles. The van der Waals surface area contributed by atoms with Crippen molar-refractivity contribution in [3.8, 4) is 5.75 Å². The summed E-state index contributed by atoms with van der Waals surface area (Å²) >= 11 is 0. The minimum absolute atomic E-state index is 0.0414. The molecule has 0 aliphatic rings. The number of methoxy groups -OCH3 is 1. The highest BCUT2D eigenvalue weighted by Crippen LogP contribution is 2.24. The molecule has 2 N–H and O–H groups in total. The predicted molar refractivity (Wildman–Crippen MR) is 98.0 cm³/mol. The Balaban J connectivity index is 1.85. The van der Waals surface area contributed by atoms with Crippen LogP contribution in [0.15, 0.2) is 42.5 Å². The molecule has 0 aliphatic carbocycles. The second kappa shape index (κ2) is 9.78. The zero-order chi connectivity index (χ0) is 21.4. The first-order valence-electron chi connectivity index (χ1n) is 8.12. The van der Waals surface area contributed by atoms with Crippen LogP contribution >= 0.6 is 0 Å². The van der Waals surface area contributed by atoms with E-state index in [4.69, 9.17) is 9.47 Å². The van der Waals surface area contributed by atoms with Crippen LogP contribution in [-0.4, -0.2) is 43.0 Å². The highest BCUT2D eigenvalue weighted by atomic mass is 19.1. The summed E-state index contributed by atoms with van der Waals surface area (Å²) in [7, 11) is 1.27. The lowest BCUT2D eigenvalue weighted by atomic mass is 10.2. The van der Waals surface area contributed by atoms with Crippen LogP contribution in [0.2, 0.25) is 0 Å².